The van der Waals surface area contributed by atoms with E-state index in [1.54, 1.807) is 0 Å². The molecule has 0 fully saturated rings. The summed E-state index contributed by atoms with van der Waals surface area (Å²) in [5.41, 5.74) is 2.32. The largest absolute Gasteiger partial charge is 0.458 e. The Hall–Kier alpha value is -2.28. The average molecular weight is 303 g/mol. The summed E-state index contributed by atoms with van der Waals surface area (Å²) in [5, 5.41) is 0.885. The number of aromatic amines is 1. The van der Waals surface area contributed by atoms with Crippen molar-refractivity contribution in [1.82, 2.24) is 15.0 Å². The minimum absolute atomic E-state index is 0.0454. The monoisotopic (exact) mass is 303 g/mol. The summed E-state index contributed by atoms with van der Waals surface area (Å²) >= 11 is 1.32. The number of H-pyrrole nitrogens is 1. The van der Waals surface area contributed by atoms with Crippen LogP contribution in [0.25, 0.3) is 20.4 Å². The molecule has 3 rings (SSSR count). The number of thiophene rings is 1. The second-order valence-electron chi connectivity index (χ2n) is 4.83. The zero-order chi connectivity index (χ0) is 15.1. The molecule has 0 saturated carbocycles. The van der Waals surface area contributed by atoms with Crippen LogP contribution < -0.4 is 5.56 Å². The maximum absolute atomic E-state index is 12.2. The molecule has 3 aromatic rings. The van der Waals surface area contributed by atoms with Gasteiger partial charge in [0.2, 0.25) is 0 Å². The van der Waals surface area contributed by atoms with E-state index in [1.165, 1.54) is 18.3 Å². The molecule has 7 heteroatoms. The highest BCUT2D eigenvalue weighted by molar-refractivity contribution is 7.25. The zero-order valence-electron chi connectivity index (χ0n) is 11.8. The standard InChI is InChI=1S/C14H13N3O3S/c1-6-4-7(2)15-14-10(6)11-12(21-14)13(19)17-9(16-11)5-20-8(3)18/h4H,5H2,1-3H3,(H,16,17,19). The second-order valence-corrected chi connectivity index (χ2v) is 5.83. The number of pyridine rings is 1. The van der Waals surface area contributed by atoms with Crippen LogP contribution in [0.2, 0.25) is 0 Å². The van der Waals surface area contributed by atoms with Gasteiger partial charge in [0.15, 0.2) is 0 Å². The zero-order valence-corrected chi connectivity index (χ0v) is 12.6. The number of fused-ring (bicyclic) bond motifs is 3. The molecule has 0 spiro atoms. The van der Waals surface area contributed by atoms with Crippen molar-refractivity contribution in [2.75, 3.05) is 0 Å². The molecule has 0 atom stereocenters. The van der Waals surface area contributed by atoms with E-state index in [0.717, 1.165) is 21.5 Å². The van der Waals surface area contributed by atoms with Crippen LogP contribution in [0.3, 0.4) is 0 Å². The van der Waals surface area contributed by atoms with E-state index in [1.807, 2.05) is 19.9 Å². The van der Waals surface area contributed by atoms with E-state index >= 15 is 0 Å². The molecule has 0 aromatic carbocycles. The Morgan fingerprint density at radius 2 is 2.14 bits per heavy atom. The molecular weight excluding hydrogens is 290 g/mol. The smallest absolute Gasteiger partial charge is 0.303 e. The lowest BCUT2D eigenvalue weighted by molar-refractivity contribution is -0.142. The number of rotatable bonds is 2. The van der Waals surface area contributed by atoms with E-state index in [0.29, 0.717) is 16.0 Å². The Labute approximate surface area is 123 Å². The molecule has 0 aliphatic carbocycles. The number of hydrogen-bond donors (Lipinski definition) is 1. The van der Waals surface area contributed by atoms with Gasteiger partial charge in [-0.05, 0) is 25.5 Å². The fourth-order valence-corrected chi connectivity index (χ4v) is 3.40. The van der Waals surface area contributed by atoms with Gasteiger partial charge in [-0.2, -0.15) is 0 Å². The summed E-state index contributed by atoms with van der Waals surface area (Å²) in [4.78, 5) is 35.3. The molecule has 0 amide bonds. The van der Waals surface area contributed by atoms with Crippen molar-refractivity contribution >= 4 is 37.7 Å². The maximum Gasteiger partial charge on any atom is 0.303 e. The van der Waals surface area contributed by atoms with Crippen molar-refractivity contribution in [1.29, 1.82) is 0 Å². The number of hydrogen-bond acceptors (Lipinski definition) is 6. The first kappa shape index (κ1) is 13.7. The van der Waals surface area contributed by atoms with Gasteiger partial charge in [-0.15, -0.1) is 11.3 Å². The van der Waals surface area contributed by atoms with Crippen LogP contribution in [0.1, 0.15) is 24.0 Å². The van der Waals surface area contributed by atoms with Gasteiger partial charge in [0.05, 0.1) is 5.52 Å². The number of ether oxygens (including phenoxy) is 1. The summed E-state index contributed by atoms with van der Waals surface area (Å²) in [6.07, 6.45) is 0. The van der Waals surface area contributed by atoms with Gasteiger partial charge >= 0.3 is 5.97 Å². The van der Waals surface area contributed by atoms with Gasteiger partial charge in [-0.1, -0.05) is 0 Å². The summed E-state index contributed by atoms with van der Waals surface area (Å²) in [5.74, 6) is -0.0798. The van der Waals surface area contributed by atoms with Gasteiger partial charge in [0, 0.05) is 18.0 Å². The van der Waals surface area contributed by atoms with Crippen LogP contribution in [0.15, 0.2) is 10.9 Å². The predicted octanol–water partition coefficient (Wildman–Crippen LogP) is 2.21. The topological polar surface area (TPSA) is 84.9 Å². The molecule has 0 radical (unpaired) electrons. The first-order valence-electron chi connectivity index (χ1n) is 6.38. The van der Waals surface area contributed by atoms with Crippen molar-refractivity contribution in [2.24, 2.45) is 0 Å². The molecule has 3 heterocycles. The number of esters is 1. The summed E-state index contributed by atoms with van der Waals surface area (Å²) in [6.45, 7) is 5.15. The third-order valence-corrected chi connectivity index (χ3v) is 4.16. The number of carbonyl (C=O) groups is 1. The van der Waals surface area contributed by atoms with Crippen LogP contribution in [0, 0.1) is 13.8 Å². The van der Waals surface area contributed by atoms with E-state index in [4.69, 9.17) is 4.74 Å². The lowest BCUT2D eigenvalue weighted by Crippen LogP contribution is -2.12. The van der Waals surface area contributed by atoms with Crippen LogP contribution in [-0.4, -0.2) is 20.9 Å². The molecule has 1 N–H and O–H groups in total. The quantitative estimate of drug-likeness (QED) is 0.734. The molecule has 0 unspecified atom stereocenters. The van der Waals surface area contributed by atoms with Crippen molar-refractivity contribution in [3.8, 4) is 0 Å². The summed E-state index contributed by atoms with van der Waals surface area (Å²) in [7, 11) is 0. The van der Waals surface area contributed by atoms with Crippen LogP contribution in [0.4, 0.5) is 0 Å². The molecule has 0 aliphatic rings. The fourth-order valence-electron chi connectivity index (χ4n) is 2.27. The molecule has 0 aliphatic heterocycles. The maximum atomic E-state index is 12.2. The second kappa shape index (κ2) is 4.92. The SMILES string of the molecule is CC(=O)OCc1nc2c(sc3nc(C)cc(C)c32)c(=O)[nH]1. The predicted molar refractivity (Wildman–Crippen MR) is 80.5 cm³/mol. The van der Waals surface area contributed by atoms with Gasteiger partial charge in [-0.3, -0.25) is 9.59 Å². The third-order valence-electron chi connectivity index (χ3n) is 3.09. The Morgan fingerprint density at radius 1 is 1.38 bits per heavy atom. The first-order valence-corrected chi connectivity index (χ1v) is 7.20. The molecule has 0 saturated heterocycles. The van der Waals surface area contributed by atoms with E-state index < -0.39 is 5.97 Å². The minimum atomic E-state index is -0.415. The van der Waals surface area contributed by atoms with E-state index in [9.17, 15) is 9.59 Å². The Morgan fingerprint density at radius 3 is 2.86 bits per heavy atom. The average Bonchev–Trinajstić information content (AvgIpc) is 2.75. The number of nitrogens with zero attached hydrogens (tertiary/aromatic N) is 2. The summed E-state index contributed by atoms with van der Waals surface area (Å²) < 4.78 is 5.43. The van der Waals surface area contributed by atoms with Gasteiger partial charge < -0.3 is 9.72 Å². The third kappa shape index (κ3) is 2.40. The highest BCUT2D eigenvalue weighted by atomic mass is 32.1. The Kier molecular flexibility index (Phi) is 3.21. The van der Waals surface area contributed by atoms with E-state index in [-0.39, 0.29) is 12.2 Å². The fraction of sp³-hybridized carbons (Fsp3) is 0.286. The highest BCUT2D eigenvalue weighted by Gasteiger charge is 2.15. The first-order chi connectivity index (χ1) is 9.95. The Balaban J connectivity index is 2.27. The lowest BCUT2D eigenvalue weighted by atomic mass is 10.1. The van der Waals surface area contributed by atoms with Crippen LogP contribution in [0.5, 0.6) is 0 Å². The van der Waals surface area contributed by atoms with Gasteiger partial charge in [-0.25, -0.2) is 9.97 Å². The number of aryl methyl sites for hydroxylation is 2. The van der Waals surface area contributed by atoms with Gasteiger partial charge in [0.1, 0.15) is 22.0 Å². The van der Waals surface area contributed by atoms with E-state index in [2.05, 4.69) is 15.0 Å². The van der Waals surface area contributed by atoms with Crippen molar-refractivity contribution in [2.45, 2.75) is 27.4 Å². The van der Waals surface area contributed by atoms with Crippen molar-refractivity contribution < 1.29 is 9.53 Å². The van der Waals surface area contributed by atoms with Crippen LogP contribution >= 0.6 is 11.3 Å². The molecule has 21 heavy (non-hydrogen) atoms. The van der Waals surface area contributed by atoms with Crippen molar-refractivity contribution in [3.05, 3.63) is 33.5 Å². The normalized spacial score (nSPS) is 11.2. The van der Waals surface area contributed by atoms with Gasteiger partial charge in [0.25, 0.3) is 5.56 Å². The number of aromatic nitrogens is 3. The lowest BCUT2D eigenvalue weighted by Gasteiger charge is -2.02. The summed E-state index contributed by atoms with van der Waals surface area (Å²) in [6, 6.07) is 1.96. The molecule has 108 valence electrons. The Bertz CT molecular complexity index is 926. The highest BCUT2D eigenvalue weighted by Crippen LogP contribution is 2.31. The minimum Gasteiger partial charge on any atom is -0.458 e. The molecule has 3 aromatic heterocycles. The number of nitrogens with one attached hydrogen (secondary N) is 1. The van der Waals surface area contributed by atoms with Crippen molar-refractivity contribution in [3.63, 3.8) is 0 Å². The van der Waals surface area contributed by atoms with Crippen LogP contribution in [-0.2, 0) is 16.1 Å². The molecular formula is C14H13N3O3S. The number of carbonyl (C=O) groups excluding carboxylic acids is 1. The molecule has 0 bridgehead atoms. The molecule has 6 nitrogen and oxygen atoms in total.